The minimum absolute atomic E-state index is 0.0767. The van der Waals surface area contributed by atoms with Gasteiger partial charge in [0.15, 0.2) is 0 Å². The van der Waals surface area contributed by atoms with Crippen LogP contribution in [0.5, 0.6) is 0 Å². The molecule has 0 saturated heterocycles. The molecule has 4 atom stereocenters. The van der Waals surface area contributed by atoms with Crippen molar-refractivity contribution < 1.29 is 34.1 Å². The van der Waals surface area contributed by atoms with E-state index >= 15 is 0 Å². The van der Waals surface area contributed by atoms with Gasteiger partial charge in [0.05, 0.1) is 36.4 Å². The Morgan fingerprint density at radius 3 is 1.56 bits per heavy atom. The molecule has 2 saturated carbocycles. The van der Waals surface area contributed by atoms with Gasteiger partial charge in [-0.15, -0.1) is 0 Å². The van der Waals surface area contributed by atoms with Crippen molar-refractivity contribution in [3.63, 3.8) is 0 Å². The Bertz CT molecular complexity index is 1670. The molecule has 2 aliphatic carbocycles. The van der Waals surface area contributed by atoms with Crippen molar-refractivity contribution in [2.75, 3.05) is 19.6 Å². The SMILES string of the molecule is CC(C)(C)OC(=O)N[C@@H](Cc1ccccc1)[C@H](O)CN.CC(C)(C)OC(=O)N[C@@H](Cc1ccccc1)[C@H](O)CNCC1(CCC#N)CCCCC1.N#CCCC1(C=O)CCCCC1. The highest BCUT2D eigenvalue weighted by molar-refractivity contribution is 5.68. The maximum atomic E-state index is 12.4. The number of hydrogen-bond donors (Lipinski definition) is 6. The fourth-order valence-corrected chi connectivity index (χ4v) is 8.14. The molecule has 13 heteroatoms. The Morgan fingerprint density at radius 1 is 0.714 bits per heavy atom. The Labute approximate surface area is 377 Å². The van der Waals surface area contributed by atoms with Crippen molar-refractivity contribution in [1.82, 2.24) is 16.0 Å². The molecule has 0 heterocycles. The standard InChI is InChI=1S/C25H39N3O3.C15H24N2O3.C10H15NO/c1-24(2,3)31-23(30)28-21(17-20-11-6-4-7-12-20)22(29)18-27-19-25(15-10-16-26)13-8-5-9-14-25;1-15(2,3)20-14(19)17-12(13(18)10-16)9-11-7-5-4-6-8-11;11-8-4-7-10(9-12)5-2-1-3-6-10/h4,6-7,11-12,21-22,27,29H,5,8-10,13-15,17-19H2,1-3H3,(H,28,30);4-8,12-13,18H,9-10,16H2,1-3H3,(H,17,19);9H,1-7H2/t21-,22+;12-,13+;/m00./s1. The molecule has 0 spiro atoms. The second kappa shape index (κ2) is 28.3. The summed E-state index contributed by atoms with van der Waals surface area (Å²) in [5.74, 6) is 0. The smallest absolute Gasteiger partial charge is 0.407 e. The molecule has 0 aromatic heterocycles. The predicted octanol–water partition coefficient (Wildman–Crippen LogP) is 8.21. The average Bonchev–Trinajstić information content (AvgIpc) is 3.25. The van der Waals surface area contributed by atoms with Crippen LogP contribution in [0.15, 0.2) is 60.7 Å². The van der Waals surface area contributed by atoms with Crippen LogP contribution < -0.4 is 21.7 Å². The van der Waals surface area contributed by atoms with E-state index in [4.69, 9.17) is 25.7 Å². The molecule has 2 amide bonds. The van der Waals surface area contributed by atoms with Crippen LogP contribution in [-0.2, 0) is 27.1 Å². The molecule has 2 aliphatic rings. The van der Waals surface area contributed by atoms with E-state index in [1.165, 1.54) is 25.7 Å². The summed E-state index contributed by atoms with van der Waals surface area (Å²) >= 11 is 0. The minimum atomic E-state index is -0.817. The van der Waals surface area contributed by atoms with Gasteiger partial charge in [-0.05, 0) is 109 Å². The minimum Gasteiger partial charge on any atom is -0.444 e. The van der Waals surface area contributed by atoms with E-state index in [-0.39, 0.29) is 17.4 Å². The zero-order valence-corrected chi connectivity index (χ0v) is 39.0. The summed E-state index contributed by atoms with van der Waals surface area (Å²) in [5.41, 5.74) is 6.38. The fourth-order valence-electron chi connectivity index (χ4n) is 8.14. The number of alkyl carbamates (subject to hydrolysis) is 2. The fraction of sp³-hybridized carbons (Fsp3) is 0.660. The maximum Gasteiger partial charge on any atom is 0.407 e. The monoisotopic (exact) mass is 875 g/mol. The van der Waals surface area contributed by atoms with Crippen LogP contribution in [0.2, 0.25) is 0 Å². The zero-order chi connectivity index (χ0) is 46.8. The van der Waals surface area contributed by atoms with Gasteiger partial charge in [0.25, 0.3) is 0 Å². The molecular weight excluding hydrogens is 797 g/mol. The van der Waals surface area contributed by atoms with Gasteiger partial charge in [0, 0.05) is 37.9 Å². The normalized spacial score (nSPS) is 17.4. The molecule has 0 bridgehead atoms. The van der Waals surface area contributed by atoms with Crippen molar-refractivity contribution in [2.24, 2.45) is 16.6 Å². The van der Waals surface area contributed by atoms with Crippen LogP contribution in [0, 0.1) is 33.5 Å². The highest BCUT2D eigenvalue weighted by atomic mass is 16.6. The summed E-state index contributed by atoms with van der Waals surface area (Å²) in [4.78, 5) is 35.0. The maximum absolute atomic E-state index is 12.4. The first kappa shape index (κ1) is 54.6. The van der Waals surface area contributed by atoms with Gasteiger partial charge in [-0.3, -0.25) is 0 Å². The van der Waals surface area contributed by atoms with Crippen LogP contribution in [0.1, 0.15) is 143 Å². The summed E-state index contributed by atoms with van der Waals surface area (Å²) in [5, 5.41) is 47.3. The van der Waals surface area contributed by atoms with E-state index in [2.05, 4.69) is 28.1 Å². The molecule has 350 valence electrons. The lowest BCUT2D eigenvalue weighted by molar-refractivity contribution is -0.118. The molecule has 63 heavy (non-hydrogen) atoms. The molecule has 2 fully saturated rings. The number of benzene rings is 2. The molecule has 2 aromatic rings. The van der Waals surface area contributed by atoms with Crippen LogP contribution in [0.4, 0.5) is 9.59 Å². The molecular formula is C50H78N6O7. The number of aliphatic hydroxyl groups excluding tert-OH is 2. The Morgan fingerprint density at radius 2 is 1.14 bits per heavy atom. The topological polar surface area (TPSA) is 220 Å². The average molecular weight is 875 g/mol. The molecule has 2 aromatic carbocycles. The Hall–Kier alpha value is -4.53. The highest BCUT2D eigenvalue weighted by Crippen LogP contribution is 2.40. The number of nitrogens with one attached hydrogen (secondary N) is 3. The lowest BCUT2D eigenvalue weighted by atomic mass is 9.71. The molecule has 0 unspecified atom stereocenters. The third-order valence-corrected chi connectivity index (χ3v) is 11.5. The van der Waals surface area contributed by atoms with Gasteiger partial charge >= 0.3 is 12.2 Å². The van der Waals surface area contributed by atoms with E-state index in [1.54, 1.807) is 20.8 Å². The second-order valence-corrected chi connectivity index (χ2v) is 19.3. The van der Waals surface area contributed by atoms with Gasteiger partial charge in [-0.25, -0.2) is 9.59 Å². The van der Waals surface area contributed by atoms with Crippen molar-refractivity contribution in [2.45, 2.75) is 180 Å². The number of nitrogens with zero attached hydrogens (tertiary/aromatic N) is 2. The molecule has 13 nitrogen and oxygen atoms in total. The van der Waals surface area contributed by atoms with E-state index in [1.807, 2.05) is 81.4 Å². The molecule has 0 aliphatic heterocycles. The zero-order valence-electron chi connectivity index (χ0n) is 39.0. The lowest BCUT2D eigenvalue weighted by Crippen LogP contribution is -2.51. The van der Waals surface area contributed by atoms with E-state index in [9.17, 15) is 24.6 Å². The van der Waals surface area contributed by atoms with Crippen molar-refractivity contribution in [1.29, 1.82) is 10.5 Å². The summed E-state index contributed by atoms with van der Waals surface area (Å²) in [7, 11) is 0. The number of nitrogens with two attached hydrogens (primary N) is 1. The summed E-state index contributed by atoms with van der Waals surface area (Å²) in [6.45, 7) is 12.1. The van der Waals surface area contributed by atoms with Crippen molar-refractivity contribution >= 4 is 18.5 Å². The first-order chi connectivity index (χ1) is 29.9. The van der Waals surface area contributed by atoms with Crippen LogP contribution in [0.25, 0.3) is 0 Å². The van der Waals surface area contributed by atoms with Crippen LogP contribution >= 0.6 is 0 Å². The molecule has 0 radical (unpaired) electrons. The van der Waals surface area contributed by atoms with E-state index in [0.717, 1.165) is 75.3 Å². The van der Waals surface area contributed by atoms with Gasteiger partial charge in [0.1, 0.15) is 17.5 Å². The summed E-state index contributed by atoms with van der Waals surface area (Å²) in [6, 6.07) is 22.9. The lowest BCUT2D eigenvalue weighted by Gasteiger charge is -2.38. The molecule has 4 rings (SSSR count). The van der Waals surface area contributed by atoms with Gasteiger partial charge in [-0.2, -0.15) is 10.5 Å². The summed E-state index contributed by atoms with van der Waals surface area (Å²) in [6.07, 6.45) is 13.7. The van der Waals surface area contributed by atoms with Gasteiger partial charge in [0.2, 0.25) is 0 Å². The number of aliphatic hydroxyl groups is 2. The van der Waals surface area contributed by atoms with Gasteiger partial charge < -0.3 is 46.2 Å². The number of aldehydes is 1. The first-order valence-electron chi connectivity index (χ1n) is 22.9. The van der Waals surface area contributed by atoms with Crippen molar-refractivity contribution in [3.05, 3.63) is 71.8 Å². The van der Waals surface area contributed by atoms with E-state index in [0.29, 0.717) is 32.2 Å². The van der Waals surface area contributed by atoms with Crippen LogP contribution in [0.3, 0.4) is 0 Å². The Kier molecular flexibility index (Phi) is 24.5. The number of ether oxygens (including phenoxy) is 2. The number of amides is 2. The number of carbonyl (C=O) groups excluding carboxylic acids is 3. The first-order valence-corrected chi connectivity index (χ1v) is 22.9. The third kappa shape index (κ3) is 23.1. The number of hydrogen-bond acceptors (Lipinski definition) is 11. The predicted molar refractivity (Wildman–Crippen MR) is 247 cm³/mol. The van der Waals surface area contributed by atoms with Crippen LogP contribution in [-0.4, -0.2) is 83.8 Å². The number of nitriles is 2. The molecule has 7 N–H and O–H groups in total. The highest BCUT2D eigenvalue weighted by Gasteiger charge is 2.33. The van der Waals surface area contributed by atoms with E-state index < -0.39 is 47.7 Å². The number of rotatable bonds is 18. The Balaban J connectivity index is 0.000000363. The summed E-state index contributed by atoms with van der Waals surface area (Å²) < 4.78 is 10.6. The third-order valence-electron chi connectivity index (χ3n) is 11.5. The largest absolute Gasteiger partial charge is 0.444 e. The number of carbonyl (C=O) groups is 3. The van der Waals surface area contributed by atoms with Gasteiger partial charge in [-0.1, -0.05) is 99.2 Å². The van der Waals surface area contributed by atoms with Crippen molar-refractivity contribution in [3.8, 4) is 12.1 Å². The second-order valence-electron chi connectivity index (χ2n) is 19.3. The quantitative estimate of drug-likeness (QED) is 0.0784.